The van der Waals surface area contributed by atoms with Crippen LogP contribution < -0.4 is 5.11 Å². The largest absolute Gasteiger partial charge is 0.858 e. The van der Waals surface area contributed by atoms with Gasteiger partial charge in [0.2, 0.25) is 0 Å². The lowest BCUT2D eigenvalue weighted by molar-refractivity contribution is -0.212. The van der Waals surface area contributed by atoms with Crippen molar-refractivity contribution in [2.24, 2.45) is 4.40 Å². The third kappa shape index (κ3) is 3.94. The van der Waals surface area contributed by atoms with E-state index in [1.54, 1.807) is 12.1 Å². The molecule has 4 nitrogen and oxygen atoms in total. The summed E-state index contributed by atoms with van der Waals surface area (Å²) in [5, 5.41) is 11.6. The number of sulfonamides is 1. The number of hydrogen-bond acceptors (Lipinski definition) is 3. The molecule has 1 unspecified atom stereocenters. The Labute approximate surface area is 137 Å². The highest BCUT2D eigenvalue weighted by Crippen LogP contribution is 2.26. The van der Waals surface area contributed by atoms with Gasteiger partial charge in [0.05, 0.1) is 0 Å². The van der Waals surface area contributed by atoms with Crippen molar-refractivity contribution in [3.63, 3.8) is 0 Å². The van der Waals surface area contributed by atoms with Crippen LogP contribution in [0.2, 0.25) is 0 Å². The zero-order chi connectivity index (χ0) is 18.0. The standard InChI is InChI=1S/C16H14F3NO3S/c1-11(12-5-3-2-4-6-12)13-7-9-14(10-8-13)15(21)20-24(22,23)16(17,18)19/h2-11H,1H3,(H,20,21)/p-1. The predicted molar refractivity (Wildman–Crippen MR) is 81.9 cm³/mol. The fraction of sp³-hybridized carbons (Fsp3) is 0.188. The van der Waals surface area contributed by atoms with Gasteiger partial charge in [-0.3, -0.25) is 0 Å². The third-order valence-electron chi connectivity index (χ3n) is 3.45. The Morgan fingerprint density at radius 2 is 1.50 bits per heavy atom. The molecule has 0 aromatic heterocycles. The Hall–Kier alpha value is -2.35. The van der Waals surface area contributed by atoms with E-state index in [-0.39, 0.29) is 11.5 Å². The molecule has 1 atom stereocenters. The highest BCUT2D eigenvalue weighted by Gasteiger charge is 2.45. The molecule has 8 heteroatoms. The van der Waals surface area contributed by atoms with E-state index in [9.17, 15) is 26.7 Å². The van der Waals surface area contributed by atoms with E-state index in [2.05, 4.69) is 4.40 Å². The van der Waals surface area contributed by atoms with Gasteiger partial charge >= 0.3 is 15.5 Å². The monoisotopic (exact) mass is 356 g/mol. The van der Waals surface area contributed by atoms with Crippen LogP contribution in [-0.4, -0.2) is 19.8 Å². The lowest BCUT2D eigenvalue weighted by atomic mass is 9.93. The van der Waals surface area contributed by atoms with Gasteiger partial charge in [-0.25, -0.2) is 0 Å². The summed E-state index contributed by atoms with van der Waals surface area (Å²) in [6.07, 6.45) is 0. The van der Waals surface area contributed by atoms with E-state index in [1.807, 2.05) is 37.3 Å². The first kappa shape index (κ1) is 18.0. The molecule has 2 aromatic carbocycles. The normalized spacial score (nSPS) is 14.4. The lowest BCUT2D eigenvalue weighted by Crippen LogP contribution is -2.27. The number of benzene rings is 2. The first-order chi connectivity index (χ1) is 11.1. The van der Waals surface area contributed by atoms with Crippen LogP contribution in [0, 0.1) is 0 Å². The van der Waals surface area contributed by atoms with Crippen LogP contribution in [0.3, 0.4) is 0 Å². The SMILES string of the molecule is CC(c1ccccc1)c1ccc(/C([O-])=N/S(=O)(=O)C(F)(F)F)cc1. The summed E-state index contributed by atoms with van der Waals surface area (Å²) in [6.45, 7) is 1.94. The zero-order valence-corrected chi connectivity index (χ0v) is 13.3. The van der Waals surface area contributed by atoms with Gasteiger partial charge < -0.3 is 5.11 Å². The van der Waals surface area contributed by atoms with Gasteiger partial charge in [0, 0.05) is 11.8 Å². The molecule has 0 saturated carbocycles. The number of halogens is 3. The van der Waals surface area contributed by atoms with Crippen LogP contribution in [0.1, 0.15) is 29.5 Å². The smallest absolute Gasteiger partial charge is 0.518 e. The Balaban J connectivity index is 2.27. The second-order valence-corrected chi connectivity index (χ2v) is 6.67. The number of rotatable bonds is 4. The molecule has 128 valence electrons. The average Bonchev–Trinajstić information content (AvgIpc) is 2.53. The summed E-state index contributed by atoms with van der Waals surface area (Å²) in [5.74, 6) is -1.45. The van der Waals surface area contributed by atoms with Crippen LogP contribution in [0.4, 0.5) is 13.2 Å². The van der Waals surface area contributed by atoms with E-state index < -0.39 is 21.4 Å². The average molecular weight is 356 g/mol. The Bertz CT molecular complexity index is 829. The summed E-state index contributed by atoms with van der Waals surface area (Å²) < 4.78 is 60.8. The summed E-state index contributed by atoms with van der Waals surface area (Å²) in [6, 6.07) is 15.1. The fourth-order valence-corrected chi connectivity index (χ4v) is 2.49. The summed E-state index contributed by atoms with van der Waals surface area (Å²) >= 11 is 0. The van der Waals surface area contributed by atoms with Gasteiger partial charge in [-0.1, -0.05) is 61.5 Å². The maximum atomic E-state index is 12.2. The fourth-order valence-electron chi connectivity index (χ4n) is 2.06. The van der Waals surface area contributed by atoms with Crippen LogP contribution >= 0.6 is 0 Å². The summed E-state index contributed by atoms with van der Waals surface area (Å²) in [7, 11) is -5.84. The predicted octanol–water partition coefficient (Wildman–Crippen LogP) is 2.79. The molecule has 0 radical (unpaired) electrons. The minimum absolute atomic E-state index is 0.00574. The number of hydrogen-bond donors (Lipinski definition) is 0. The molecule has 0 aliphatic heterocycles. The quantitative estimate of drug-likeness (QED) is 0.625. The Kier molecular flexibility index (Phi) is 4.98. The maximum absolute atomic E-state index is 12.2. The van der Waals surface area contributed by atoms with E-state index in [1.165, 1.54) is 12.1 Å². The molecule has 0 aliphatic rings. The lowest BCUT2D eigenvalue weighted by Gasteiger charge is -2.15. The molecule has 0 saturated heterocycles. The van der Waals surface area contributed by atoms with E-state index >= 15 is 0 Å². The highest BCUT2D eigenvalue weighted by molar-refractivity contribution is 7.91. The molecule has 0 heterocycles. The number of alkyl halides is 3. The Morgan fingerprint density at radius 1 is 1.00 bits per heavy atom. The third-order valence-corrected chi connectivity index (χ3v) is 4.44. The first-order valence-electron chi connectivity index (χ1n) is 6.85. The van der Waals surface area contributed by atoms with Crippen molar-refractivity contribution in [3.05, 3.63) is 71.3 Å². The van der Waals surface area contributed by atoms with Gasteiger partial charge in [-0.05, 0) is 16.7 Å². The molecule has 0 aliphatic carbocycles. The van der Waals surface area contributed by atoms with Crippen molar-refractivity contribution in [1.82, 2.24) is 0 Å². The molecule has 0 amide bonds. The molecular formula is C16H13F3NO3S-. The minimum Gasteiger partial charge on any atom is -0.858 e. The zero-order valence-electron chi connectivity index (χ0n) is 12.5. The van der Waals surface area contributed by atoms with Gasteiger partial charge in [0.1, 0.15) is 0 Å². The molecule has 0 spiro atoms. The molecule has 2 aromatic rings. The maximum Gasteiger partial charge on any atom is 0.518 e. The molecule has 24 heavy (non-hydrogen) atoms. The van der Waals surface area contributed by atoms with Gasteiger partial charge in [-0.15, -0.1) is 0 Å². The van der Waals surface area contributed by atoms with Crippen molar-refractivity contribution >= 4 is 15.9 Å². The van der Waals surface area contributed by atoms with Crippen LogP contribution in [0.5, 0.6) is 0 Å². The van der Waals surface area contributed by atoms with E-state index in [0.29, 0.717) is 0 Å². The van der Waals surface area contributed by atoms with Crippen molar-refractivity contribution in [2.45, 2.75) is 18.3 Å². The van der Waals surface area contributed by atoms with Crippen LogP contribution in [0.15, 0.2) is 59.0 Å². The van der Waals surface area contributed by atoms with Crippen molar-refractivity contribution in [3.8, 4) is 0 Å². The highest BCUT2D eigenvalue weighted by atomic mass is 32.2. The topological polar surface area (TPSA) is 69.6 Å². The van der Waals surface area contributed by atoms with E-state index in [0.717, 1.165) is 11.1 Å². The van der Waals surface area contributed by atoms with Gasteiger partial charge in [0.15, 0.2) is 0 Å². The van der Waals surface area contributed by atoms with Crippen molar-refractivity contribution < 1.29 is 26.7 Å². The molecule has 0 N–H and O–H groups in total. The molecule has 2 rings (SSSR count). The summed E-state index contributed by atoms with van der Waals surface area (Å²) in [4.78, 5) is 0. The first-order valence-corrected chi connectivity index (χ1v) is 8.29. The second kappa shape index (κ2) is 6.64. The van der Waals surface area contributed by atoms with Crippen molar-refractivity contribution in [1.29, 1.82) is 0 Å². The summed E-state index contributed by atoms with van der Waals surface area (Å²) in [5.41, 5.74) is -3.96. The molecule has 0 fully saturated rings. The Morgan fingerprint density at radius 3 is 2.00 bits per heavy atom. The van der Waals surface area contributed by atoms with E-state index in [4.69, 9.17) is 0 Å². The van der Waals surface area contributed by atoms with Crippen LogP contribution in [0.25, 0.3) is 0 Å². The van der Waals surface area contributed by atoms with Gasteiger partial charge in [0.25, 0.3) is 0 Å². The minimum atomic E-state index is -5.84. The number of nitrogens with zero attached hydrogens (tertiary/aromatic N) is 1. The second-order valence-electron chi connectivity index (χ2n) is 5.07. The van der Waals surface area contributed by atoms with Crippen LogP contribution in [-0.2, 0) is 10.0 Å². The van der Waals surface area contributed by atoms with Gasteiger partial charge in [-0.2, -0.15) is 26.0 Å². The molecular weight excluding hydrogens is 343 g/mol. The molecule has 0 bridgehead atoms. The van der Waals surface area contributed by atoms with Crippen molar-refractivity contribution in [2.75, 3.05) is 0 Å².